The summed E-state index contributed by atoms with van der Waals surface area (Å²) in [5, 5.41) is 0. The second-order valence-electron chi connectivity index (χ2n) is 3.69. The van der Waals surface area contributed by atoms with E-state index in [1.54, 1.807) is 18.4 Å². The summed E-state index contributed by atoms with van der Waals surface area (Å²) < 4.78 is 32.5. The Morgan fingerprint density at radius 2 is 1.67 bits per heavy atom. The smallest absolute Gasteiger partial charge is 0.140 e. The van der Waals surface area contributed by atoms with Crippen molar-refractivity contribution in [2.45, 2.75) is 11.5 Å². The molecule has 18 heavy (non-hydrogen) atoms. The molecule has 2 rings (SSSR count). The first-order valence-electron chi connectivity index (χ1n) is 5.40. The summed E-state index contributed by atoms with van der Waals surface area (Å²) >= 11 is 1.05. The molecule has 0 N–H and O–H groups in total. The van der Waals surface area contributed by atoms with Gasteiger partial charge in [-0.2, -0.15) is 0 Å². The maximum atomic E-state index is 13.5. The van der Waals surface area contributed by atoms with Crippen LogP contribution in [0.15, 0.2) is 47.4 Å². The van der Waals surface area contributed by atoms with Crippen LogP contribution in [-0.2, 0) is 6.61 Å². The summed E-state index contributed by atoms with van der Waals surface area (Å²) in [5.74, 6) is -0.421. The summed E-state index contributed by atoms with van der Waals surface area (Å²) in [4.78, 5) is 0.0402. The molecule has 0 radical (unpaired) electrons. The van der Waals surface area contributed by atoms with E-state index in [-0.39, 0.29) is 11.5 Å². The van der Waals surface area contributed by atoms with Gasteiger partial charge >= 0.3 is 0 Å². The van der Waals surface area contributed by atoms with E-state index in [4.69, 9.17) is 4.74 Å². The van der Waals surface area contributed by atoms with Crippen molar-refractivity contribution in [3.05, 3.63) is 59.7 Å². The fraction of sp³-hybridized carbons (Fsp3) is 0.143. The maximum absolute atomic E-state index is 13.5. The molecule has 0 unspecified atom stereocenters. The number of para-hydroxylation sites is 1. The number of hydrogen-bond donors (Lipinski definition) is 0. The Morgan fingerprint density at radius 1 is 1.06 bits per heavy atom. The maximum Gasteiger partial charge on any atom is 0.140 e. The highest BCUT2D eigenvalue weighted by Gasteiger charge is 2.10. The molecule has 94 valence electrons. The van der Waals surface area contributed by atoms with Crippen LogP contribution < -0.4 is 4.74 Å². The van der Waals surface area contributed by atoms with E-state index in [2.05, 4.69) is 0 Å². The van der Waals surface area contributed by atoms with E-state index >= 15 is 0 Å². The Labute approximate surface area is 109 Å². The highest BCUT2D eigenvalue weighted by molar-refractivity contribution is 7.98. The van der Waals surface area contributed by atoms with Crippen LogP contribution in [0.25, 0.3) is 0 Å². The third kappa shape index (κ3) is 3.01. The van der Waals surface area contributed by atoms with Gasteiger partial charge in [0, 0.05) is 0 Å². The highest BCUT2D eigenvalue weighted by atomic mass is 32.2. The van der Waals surface area contributed by atoms with Gasteiger partial charge in [-0.1, -0.05) is 18.2 Å². The van der Waals surface area contributed by atoms with Crippen molar-refractivity contribution in [1.29, 1.82) is 0 Å². The monoisotopic (exact) mass is 266 g/mol. The molecule has 4 heteroatoms. The number of ether oxygens (including phenoxy) is 1. The van der Waals surface area contributed by atoms with Crippen molar-refractivity contribution in [3.63, 3.8) is 0 Å². The van der Waals surface area contributed by atoms with Crippen LogP contribution in [-0.4, -0.2) is 6.26 Å². The van der Waals surface area contributed by atoms with Gasteiger partial charge in [0.15, 0.2) is 0 Å². The number of thioether (sulfide) groups is 1. The molecule has 0 aliphatic carbocycles. The lowest BCUT2D eigenvalue weighted by Gasteiger charge is -2.08. The second-order valence-corrected chi connectivity index (χ2v) is 4.51. The van der Waals surface area contributed by atoms with E-state index in [0.29, 0.717) is 11.3 Å². The van der Waals surface area contributed by atoms with Gasteiger partial charge in [-0.25, -0.2) is 8.78 Å². The van der Waals surface area contributed by atoms with Gasteiger partial charge in [0.05, 0.1) is 4.90 Å². The Morgan fingerprint density at radius 3 is 2.22 bits per heavy atom. The summed E-state index contributed by atoms with van der Waals surface area (Å²) in [5.41, 5.74) is 0.478. The zero-order valence-electron chi connectivity index (χ0n) is 9.82. The quantitative estimate of drug-likeness (QED) is 0.764. The van der Waals surface area contributed by atoms with Crippen molar-refractivity contribution in [1.82, 2.24) is 0 Å². The number of hydrogen-bond acceptors (Lipinski definition) is 2. The first kappa shape index (κ1) is 12.9. The normalized spacial score (nSPS) is 10.4. The molecule has 0 spiro atoms. The minimum absolute atomic E-state index is 0.0402. The van der Waals surface area contributed by atoms with Crippen LogP contribution in [0.1, 0.15) is 5.56 Å². The Balaban J connectivity index is 2.11. The van der Waals surface area contributed by atoms with Crippen LogP contribution in [0, 0.1) is 11.6 Å². The summed E-state index contributed by atoms with van der Waals surface area (Å²) in [6.45, 7) is 0.145. The molecule has 2 aromatic rings. The molecule has 0 aliphatic heterocycles. The lowest BCUT2D eigenvalue weighted by Crippen LogP contribution is -1.98. The average Bonchev–Trinajstić information content (AvgIpc) is 2.37. The molecule has 2 aromatic carbocycles. The van der Waals surface area contributed by atoms with Gasteiger partial charge in [0.2, 0.25) is 0 Å². The predicted octanol–water partition coefficient (Wildman–Crippen LogP) is 4.27. The van der Waals surface area contributed by atoms with Crippen LogP contribution >= 0.6 is 11.8 Å². The lowest BCUT2D eigenvalue weighted by atomic mass is 10.2. The Kier molecular flexibility index (Phi) is 4.20. The minimum atomic E-state index is -0.547. The van der Waals surface area contributed by atoms with Crippen molar-refractivity contribution in [3.8, 4) is 5.75 Å². The summed E-state index contributed by atoms with van der Waals surface area (Å²) in [7, 11) is 0. The highest BCUT2D eigenvalue weighted by Crippen LogP contribution is 2.24. The van der Waals surface area contributed by atoms with Crippen LogP contribution in [0.5, 0.6) is 5.75 Å². The second kappa shape index (κ2) is 5.87. The third-order valence-electron chi connectivity index (χ3n) is 2.41. The van der Waals surface area contributed by atoms with E-state index < -0.39 is 11.6 Å². The van der Waals surface area contributed by atoms with Gasteiger partial charge in [-0.15, -0.1) is 11.8 Å². The molecule has 0 atom stereocenters. The molecule has 0 bridgehead atoms. The molecule has 0 saturated heterocycles. The zero-order chi connectivity index (χ0) is 13.0. The first-order chi connectivity index (χ1) is 8.70. The van der Waals surface area contributed by atoms with Gasteiger partial charge in [0.1, 0.15) is 24.0 Å². The summed E-state index contributed by atoms with van der Waals surface area (Å²) in [6.07, 6.45) is 1.64. The summed E-state index contributed by atoms with van der Waals surface area (Å²) in [6, 6.07) is 11.8. The van der Waals surface area contributed by atoms with Crippen molar-refractivity contribution in [2.24, 2.45) is 0 Å². The van der Waals surface area contributed by atoms with Crippen molar-refractivity contribution < 1.29 is 13.5 Å². The number of benzene rings is 2. The first-order valence-corrected chi connectivity index (χ1v) is 6.63. The van der Waals surface area contributed by atoms with Crippen molar-refractivity contribution in [2.75, 3.05) is 6.26 Å². The molecule has 0 amide bonds. The molecule has 0 aliphatic rings. The third-order valence-corrected chi connectivity index (χ3v) is 3.21. The lowest BCUT2D eigenvalue weighted by molar-refractivity contribution is 0.304. The van der Waals surface area contributed by atoms with Gasteiger partial charge < -0.3 is 4.74 Å². The fourth-order valence-corrected chi connectivity index (χ4v) is 2.08. The largest absolute Gasteiger partial charge is 0.489 e. The molecular formula is C14H12F2OS. The van der Waals surface area contributed by atoms with E-state index in [1.807, 2.05) is 18.2 Å². The molecular weight excluding hydrogens is 254 g/mol. The standard InChI is InChI=1S/C14H12F2OS/c1-18-14-12(15)7-10(8-13(14)16)9-17-11-5-3-2-4-6-11/h2-8H,9H2,1H3. The Bertz CT molecular complexity index is 506. The van der Waals surface area contributed by atoms with Crippen molar-refractivity contribution >= 4 is 11.8 Å². The van der Waals surface area contributed by atoms with E-state index in [0.717, 1.165) is 11.8 Å². The van der Waals surface area contributed by atoms with E-state index in [9.17, 15) is 8.78 Å². The minimum Gasteiger partial charge on any atom is -0.489 e. The topological polar surface area (TPSA) is 9.23 Å². The Hall–Kier alpha value is -1.55. The van der Waals surface area contributed by atoms with Crippen LogP contribution in [0.4, 0.5) is 8.78 Å². The van der Waals surface area contributed by atoms with Crippen LogP contribution in [0.2, 0.25) is 0 Å². The van der Waals surface area contributed by atoms with Crippen LogP contribution in [0.3, 0.4) is 0 Å². The molecule has 0 fully saturated rings. The molecule has 0 aromatic heterocycles. The average molecular weight is 266 g/mol. The molecule has 0 heterocycles. The van der Waals surface area contributed by atoms with Gasteiger partial charge in [-0.05, 0) is 36.1 Å². The van der Waals surface area contributed by atoms with Gasteiger partial charge in [-0.3, -0.25) is 0 Å². The molecule has 0 saturated carbocycles. The SMILES string of the molecule is CSc1c(F)cc(COc2ccccc2)cc1F. The fourth-order valence-electron chi connectivity index (χ4n) is 1.57. The zero-order valence-corrected chi connectivity index (χ0v) is 10.6. The van der Waals surface area contributed by atoms with Gasteiger partial charge in [0.25, 0.3) is 0 Å². The number of halogens is 2. The predicted molar refractivity (Wildman–Crippen MR) is 68.9 cm³/mol. The van der Waals surface area contributed by atoms with E-state index in [1.165, 1.54) is 12.1 Å². The molecule has 1 nitrogen and oxygen atoms in total. The number of rotatable bonds is 4.